The van der Waals surface area contributed by atoms with Gasteiger partial charge >= 0.3 is 8.80 Å². The van der Waals surface area contributed by atoms with Crippen LogP contribution in [0.4, 0.5) is 0 Å². The van der Waals surface area contributed by atoms with Crippen molar-refractivity contribution < 1.29 is 18.0 Å². The first-order valence-corrected chi connectivity index (χ1v) is 8.42. The number of ether oxygens (including phenoxy) is 1. The molecule has 4 nitrogen and oxygen atoms in total. The molecule has 1 rings (SSSR count). The zero-order valence-electron chi connectivity index (χ0n) is 11.4. The number of hydrogen-bond acceptors (Lipinski definition) is 4. The zero-order valence-corrected chi connectivity index (χ0v) is 12.4. The van der Waals surface area contributed by atoms with E-state index in [2.05, 4.69) is 0 Å². The predicted octanol–water partition coefficient (Wildman–Crippen LogP) is 2.46. The molecule has 0 unspecified atom stereocenters. The van der Waals surface area contributed by atoms with E-state index in [0.29, 0.717) is 0 Å². The van der Waals surface area contributed by atoms with E-state index in [1.165, 1.54) is 25.7 Å². The molecule has 1 fully saturated rings. The summed E-state index contributed by atoms with van der Waals surface area (Å²) in [6.45, 7) is 1.70. The van der Waals surface area contributed by atoms with Crippen molar-refractivity contribution in [1.29, 1.82) is 0 Å². The molecule has 102 valence electrons. The third kappa shape index (κ3) is 5.05. The van der Waals surface area contributed by atoms with E-state index < -0.39 is 8.80 Å². The minimum Gasteiger partial charge on any atom is -0.381 e. The van der Waals surface area contributed by atoms with Crippen molar-refractivity contribution in [2.45, 2.75) is 38.1 Å². The largest absolute Gasteiger partial charge is 0.500 e. The second kappa shape index (κ2) is 8.21. The molecule has 5 heteroatoms. The van der Waals surface area contributed by atoms with Crippen molar-refractivity contribution in [3.63, 3.8) is 0 Å². The van der Waals surface area contributed by atoms with Crippen molar-refractivity contribution in [2.75, 3.05) is 34.5 Å². The summed E-state index contributed by atoms with van der Waals surface area (Å²) in [4.78, 5) is 0. The molecule has 1 saturated carbocycles. The van der Waals surface area contributed by atoms with Gasteiger partial charge in [-0.15, -0.1) is 0 Å². The van der Waals surface area contributed by atoms with Crippen LogP contribution in [0.5, 0.6) is 0 Å². The topological polar surface area (TPSA) is 36.9 Å². The van der Waals surface area contributed by atoms with Gasteiger partial charge in [0.2, 0.25) is 0 Å². The third-order valence-corrected chi connectivity index (χ3v) is 6.36. The molecule has 0 aliphatic heterocycles. The first-order valence-electron chi connectivity index (χ1n) is 6.49. The number of rotatable bonds is 9. The van der Waals surface area contributed by atoms with E-state index in [4.69, 9.17) is 18.0 Å². The van der Waals surface area contributed by atoms with Crippen LogP contribution in [-0.2, 0) is 18.0 Å². The number of hydrogen-bond donors (Lipinski definition) is 0. The summed E-state index contributed by atoms with van der Waals surface area (Å²) in [6, 6.07) is 0.821. The first kappa shape index (κ1) is 15.1. The molecule has 1 aliphatic carbocycles. The molecule has 0 aromatic carbocycles. The lowest BCUT2D eigenvalue weighted by Crippen LogP contribution is -2.42. The van der Waals surface area contributed by atoms with Crippen molar-refractivity contribution in [2.24, 2.45) is 5.92 Å². The maximum atomic E-state index is 5.70. The van der Waals surface area contributed by atoms with Crippen LogP contribution in [0.25, 0.3) is 0 Å². The van der Waals surface area contributed by atoms with Gasteiger partial charge in [-0.1, -0.05) is 12.8 Å². The molecule has 0 heterocycles. The van der Waals surface area contributed by atoms with Gasteiger partial charge in [0.15, 0.2) is 0 Å². The smallest absolute Gasteiger partial charge is 0.381 e. The van der Waals surface area contributed by atoms with Gasteiger partial charge in [-0.25, -0.2) is 0 Å². The second-order valence-electron chi connectivity index (χ2n) is 4.62. The van der Waals surface area contributed by atoms with Crippen LogP contribution >= 0.6 is 0 Å². The minimum atomic E-state index is -2.38. The summed E-state index contributed by atoms with van der Waals surface area (Å²) in [6.07, 6.45) is 6.37. The summed E-state index contributed by atoms with van der Waals surface area (Å²) in [7, 11) is 2.58. The van der Waals surface area contributed by atoms with Gasteiger partial charge in [-0.05, 0) is 25.2 Å². The normalized spacial score (nSPS) is 17.8. The minimum absolute atomic E-state index is 0.779. The lowest BCUT2D eigenvalue weighted by atomic mass is 10.1. The maximum Gasteiger partial charge on any atom is 0.500 e. The average Bonchev–Trinajstić information content (AvgIpc) is 2.88. The summed E-state index contributed by atoms with van der Waals surface area (Å²) in [5.41, 5.74) is 0. The first-order chi connectivity index (χ1) is 8.26. The highest BCUT2D eigenvalue weighted by Crippen LogP contribution is 2.24. The fraction of sp³-hybridized carbons (Fsp3) is 1.00. The van der Waals surface area contributed by atoms with Gasteiger partial charge in [0.25, 0.3) is 0 Å². The van der Waals surface area contributed by atoms with E-state index in [1.807, 2.05) is 0 Å². The van der Waals surface area contributed by atoms with E-state index in [9.17, 15) is 0 Å². The van der Waals surface area contributed by atoms with E-state index in [-0.39, 0.29) is 0 Å². The Balaban J connectivity index is 2.05. The van der Waals surface area contributed by atoms with Crippen LogP contribution in [-0.4, -0.2) is 43.3 Å². The van der Waals surface area contributed by atoms with Crippen LogP contribution in [0.2, 0.25) is 6.04 Å². The van der Waals surface area contributed by atoms with Crippen LogP contribution < -0.4 is 0 Å². The van der Waals surface area contributed by atoms with Gasteiger partial charge in [0, 0.05) is 40.6 Å². The molecule has 0 bridgehead atoms. The molecular formula is C12H26O4Si. The second-order valence-corrected chi connectivity index (χ2v) is 7.72. The molecule has 0 amide bonds. The molecule has 0 atom stereocenters. The van der Waals surface area contributed by atoms with Crippen molar-refractivity contribution in [3.8, 4) is 0 Å². The molecular weight excluding hydrogens is 236 g/mol. The maximum absolute atomic E-state index is 5.70. The Morgan fingerprint density at radius 3 is 2.12 bits per heavy atom. The monoisotopic (exact) mass is 262 g/mol. The van der Waals surface area contributed by atoms with Crippen LogP contribution in [0.3, 0.4) is 0 Å². The van der Waals surface area contributed by atoms with Gasteiger partial charge in [0.05, 0.1) is 0 Å². The van der Waals surface area contributed by atoms with Crippen LogP contribution in [0, 0.1) is 5.92 Å². The quantitative estimate of drug-likeness (QED) is 0.472. The van der Waals surface area contributed by atoms with Crippen molar-refractivity contribution >= 4 is 8.80 Å². The van der Waals surface area contributed by atoms with E-state index in [0.717, 1.165) is 31.6 Å². The predicted molar refractivity (Wildman–Crippen MR) is 69.0 cm³/mol. The van der Waals surface area contributed by atoms with Gasteiger partial charge in [-0.2, -0.15) is 0 Å². The SMILES string of the molecule is CO[Si](CCCOCC1CCCC1)(OC)OC. The molecule has 0 spiro atoms. The standard InChI is InChI=1S/C12H26O4Si/c1-13-17(14-2,15-3)10-6-9-16-11-12-7-4-5-8-12/h12H,4-11H2,1-3H3. The lowest BCUT2D eigenvalue weighted by molar-refractivity contribution is 0.0903. The third-order valence-electron chi connectivity index (χ3n) is 3.53. The molecule has 0 aromatic heterocycles. The van der Waals surface area contributed by atoms with Crippen LogP contribution in [0.1, 0.15) is 32.1 Å². The van der Waals surface area contributed by atoms with Crippen molar-refractivity contribution in [1.82, 2.24) is 0 Å². The Labute approximate surface area is 106 Å². The van der Waals surface area contributed by atoms with E-state index >= 15 is 0 Å². The highest BCUT2D eigenvalue weighted by atomic mass is 28.4. The fourth-order valence-corrected chi connectivity index (χ4v) is 4.06. The summed E-state index contributed by atoms with van der Waals surface area (Å²) >= 11 is 0. The Bertz CT molecular complexity index is 183. The summed E-state index contributed by atoms with van der Waals surface area (Å²) in [5.74, 6) is 0.796. The van der Waals surface area contributed by atoms with Crippen LogP contribution in [0.15, 0.2) is 0 Å². The fourth-order valence-electron chi connectivity index (χ4n) is 2.37. The molecule has 17 heavy (non-hydrogen) atoms. The van der Waals surface area contributed by atoms with Crippen molar-refractivity contribution in [3.05, 3.63) is 0 Å². The highest BCUT2D eigenvalue weighted by Gasteiger charge is 2.36. The average molecular weight is 262 g/mol. The Hall–Kier alpha value is 0.0569. The summed E-state index contributed by atoms with van der Waals surface area (Å²) in [5, 5.41) is 0. The molecule has 0 aromatic rings. The molecule has 1 aliphatic rings. The Morgan fingerprint density at radius 1 is 1.00 bits per heavy atom. The van der Waals surface area contributed by atoms with Gasteiger partial charge < -0.3 is 18.0 Å². The Kier molecular flexibility index (Phi) is 7.30. The van der Waals surface area contributed by atoms with E-state index in [1.54, 1.807) is 21.3 Å². The highest BCUT2D eigenvalue weighted by molar-refractivity contribution is 6.60. The van der Waals surface area contributed by atoms with Gasteiger partial charge in [-0.3, -0.25) is 0 Å². The molecule has 0 saturated heterocycles. The van der Waals surface area contributed by atoms with Gasteiger partial charge in [0.1, 0.15) is 0 Å². The zero-order chi connectivity index (χ0) is 12.6. The Morgan fingerprint density at radius 2 is 1.59 bits per heavy atom. The molecule has 0 N–H and O–H groups in total. The molecule has 0 radical (unpaired) electrons. The summed E-state index contributed by atoms with van der Waals surface area (Å²) < 4.78 is 21.8. The lowest BCUT2D eigenvalue weighted by Gasteiger charge is -2.24.